The maximum Gasteiger partial charge on any atom is 0.234 e. The summed E-state index contributed by atoms with van der Waals surface area (Å²) in [6.45, 7) is 8.37. The number of para-hydroxylation sites is 1. The first kappa shape index (κ1) is 14.9. The molecule has 1 amide bonds. The second kappa shape index (κ2) is 6.75. The monoisotopic (exact) mass is 275 g/mol. The van der Waals surface area contributed by atoms with Gasteiger partial charge in [-0.05, 0) is 38.4 Å². The summed E-state index contributed by atoms with van der Waals surface area (Å²) in [5, 5.41) is 6.43. The number of anilines is 1. The highest BCUT2D eigenvalue weighted by Gasteiger charge is 2.24. The van der Waals surface area contributed by atoms with E-state index in [1.165, 1.54) is 11.3 Å². The fraction of sp³-hybridized carbons (Fsp3) is 0.562. The molecule has 1 aromatic carbocycles. The summed E-state index contributed by atoms with van der Waals surface area (Å²) in [6.07, 6.45) is 1.01. The maximum atomic E-state index is 11.9. The molecular formula is C16H25N3O. The summed E-state index contributed by atoms with van der Waals surface area (Å²) < 4.78 is 0. The van der Waals surface area contributed by atoms with Gasteiger partial charge in [-0.25, -0.2) is 0 Å². The second-order valence-electron chi connectivity index (χ2n) is 5.68. The predicted molar refractivity (Wildman–Crippen MR) is 82.9 cm³/mol. The second-order valence-corrected chi connectivity index (χ2v) is 5.68. The van der Waals surface area contributed by atoms with Crippen LogP contribution in [-0.4, -0.2) is 42.5 Å². The molecule has 1 aliphatic rings. The van der Waals surface area contributed by atoms with Gasteiger partial charge in [-0.1, -0.05) is 25.1 Å². The molecule has 1 atom stereocenters. The third-order valence-corrected chi connectivity index (χ3v) is 3.72. The van der Waals surface area contributed by atoms with E-state index in [4.69, 9.17) is 0 Å². The highest BCUT2D eigenvalue weighted by molar-refractivity contribution is 5.78. The van der Waals surface area contributed by atoms with Crippen molar-refractivity contribution in [3.8, 4) is 0 Å². The Kier molecular flexibility index (Phi) is 5.01. The van der Waals surface area contributed by atoms with Crippen LogP contribution in [-0.2, 0) is 11.2 Å². The lowest BCUT2D eigenvalue weighted by atomic mass is 9.98. The molecule has 0 saturated heterocycles. The summed E-state index contributed by atoms with van der Waals surface area (Å²) in [4.78, 5) is 14.2. The van der Waals surface area contributed by atoms with E-state index >= 15 is 0 Å². The third-order valence-electron chi connectivity index (χ3n) is 3.72. The van der Waals surface area contributed by atoms with Crippen LogP contribution in [0.15, 0.2) is 24.3 Å². The molecule has 0 aromatic heterocycles. The maximum absolute atomic E-state index is 11.9. The Bertz CT molecular complexity index is 459. The van der Waals surface area contributed by atoms with Gasteiger partial charge in [0.2, 0.25) is 5.91 Å². The number of hydrogen-bond donors (Lipinski definition) is 2. The summed E-state index contributed by atoms with van der Waals surface area (Å²) in [5.41, 5.74) is 2.57. The number of nitrogens with zero attached hydrogens (tertiary/aromatic N) is 1. The highest BCUT2D eigenvalue weighted by atomic mass is 16.2. The number of benzene rings is 1. The minimum absolute atomic E-state index is 0.112. The standard InChI is InChI=1S/C16H25N3O/c1-4-19(11-16(20)18-12(2)3)14-9-13-7-5-6-8-15(13)17-10-14/h5-8,12,14,17H,4,9-11H2,1-3H3,(H,18,20). The first-order chi connectivity index (χ1) is 9.60. The topological polar surface area (TPSA) is 44.4 Å². The number of hydrogen-bond acceptors (Lipinski definition) is 3. The largest absolute Gasteiger partial charge is 0.383 e. The normalized spacial score (nSPS) is 17.8. The van der Waals surface area contributed by atoms with E-state index in [9.17, 15) is 4.79 Å². The van der Waals surface area contributed by atoms with E-state index in [1.54, 1.807) is 0 Å². The summed E-state index contributed by atoms with van der Waals surface area (Å²) >= 11 is 0. The molecule has 1 unspecified atom stereocenters. The lowest BCUT2D eigenvalue weighted by molar-refractivity contribution is -0.123. The Hall–Kier alpha value is -1.55. The van der Waals surface area contributed by atoms with Crippen molar-refractivity contribution in [2.75, 3.05) is 25.0 Å². The lowest BCUT2D eigenvalue weighted by Gasteiger charge is -2.34. The number of nitrogens with one attached hydrogen (secondary N) is 2. The zero-order valence-electron chi connectivity index (χ0n) is 12.6. The number of carbonyl (C=O) groups is 1. The van der Waals surface area contributed by atoms with Crippen LogP contribution in [0.5, 0.6) is 0 Å². The van der Waals surface area contributed by atoms with Gasteiger partial charge in [0.1, 0.15) is 0 Å². The van der Waals surface area contributed by atoms with Gasteiger partial charge in [0.25, 0.3) is 0 Å². The van der Waals surface area contributed by atoms with Crippen molar-refractivity contribution in [2.24, 2.45) is 0 Å². The molecule has 0 radical (unpaired) electrons. The fourth-order valence-corrected chi connectivity index (χ4v) is 2.73. The molecule has 2 rings (SSSR count). The average molecular weight is 275 g/mol. The van der Waals surface area contributed by atoms with E-state index in [1.807, 2.05) is 13.8 Å². The molecule has 0 saturated carbocycles. The molecule has 1 aromatic rings. The Balaban J connectivity index is 1.98. The quantitative estimate of drug-likeness (QED) is 0.862. The number of carbonyl (C=O) groups excluding carboxylic acids is 1. The molecular weight excluding hydrogens is 250 g/mol. The lowest BCUT2D eigenvalue weighted by Crippen LogP contribution is -2.49. The first-order valence-electron chi connectivity index (χ1n) is 7.45. The van der Waals surface area contributed by atoms with Gasteiger partial charge in [0.15, 0.2) is 0 Å². The smallest absolute Gasteiger partial charge is 0.234 e. The Morgan fingerprint density at radius 1 is 1.45 bits per heavy atom. The van der Waals surface area contributed by atoms with E-state index in [0.29, 0.717) is 12.6 Å². The first-order valence-corrected chi connectivity index (χ1v) is 7.45. The fourth-order valence-electron chi connectivity index (χ4n) is 2.73. The Morgan fingerprint density at radius 3 is 2.90 bits per heavy atom. The minimum atomic E-state index is 0.112. The van der Waals surface area contributed by atoms with Crippen LogP contribution in [0.2, 0.25) is 0 Å². The Labute approximate surface area is 121 Å². The molecule has 0 spiro atoms. The number of rotatable bonds is 5. The third kappa shape index (κ3) is 3.73. The molecule has 110 valence electrons. The van der Waals surface area contributed by atoms with Gasteiger partial charge in [0, 0.05) is 24.3 Å². The van der Waals surface area contributed by atoms with E-state index < -0.39 is 0 Å². The Morgan fingerprint density at radius 2 is 2.20 bits per heavy atom. The van der Waals surface area contributed by atoms with E-state index in [0.717, 1.165) is 19.5 Å². The van der Waals surface area contributed by atoms with Crippen molar-refractivity contribution in [1.29, 1.82) is 0 Å². The highest BCUT2D eigenvalue weighted by Crippen LogP contribution is 2.23. The zero-order chi connectivity index (χ0) is 14.5. The van der Waals surface area contributed by atoms with Gasteiger partial charge >= 0.3 is 0 Å². The van der Waals surface area contributed by atoms with Crippen molar-refractivity contribution in [3.05, 3.63) is 29.8 Å². The average Bonchev–Trinajstić information content (AvgIpc) is 2.43. The SMILES string of the molecule is CCN(CC(=O)NC(C)C)C1CNc2ccccc2C1. The van der Waals surface area contributed by atoms with Crippen LogP contribution in [0, 0.1) is 0 Å². The van der Waals surface area contributed by atoms with Gasteiger partial charge in [-0.3, -0.25) is 9.69 Å². The van der Waals surface area contributed by atoms with Crippen LogP contribution in [0.25, 0.3) is 0 Å². The van der Waals surface area contributed by atoms with Crippen LogP contribution in [0.3, 0.4) is 0 Å². The molecule has 4 heteroatoms. The van der Waals surface area contributed by atoms with Crippen molar-refractivity contribution >= 4 is 11.6 Å². The summed E-state index contributed by atoms with van der Waals surface area (Å²) in [6, 6.07) is 8.99. The number of amides is 1. The van der Waals surface area contributed by atoms with Gasteiger partial charge in [-0.15, -0.1) is 0 Å². The van der Waals surface area contributed by atoms with Crippen LogP contribution < -0.4 is 10.6 Å². The van der Waals surface area contributed by atoms with Crippen LogP contribution >= 0.6 is 0 Å². The summed E-state index contributed by atoms with van der Waals surface area (Å²) in [7, 11) is 0. The van der Waals surface area contributed by atoms with Crippen LogP contribution in [0.1, 0.15) is 26.3 Å². The van der Waals surface area contributed by atoms with Crippen molar-refractivity contribution in [2.45, 2.75) is 39.3 Å². The number of fused-ring (bicyclic) bond motifs is 1. The molecule has 2 N–H and O–H groups in total. The van der Waals surface area contributed by atoms with Crippen molar-refractivity contribution in [3.63, 3.8) is 0 Å². The molecule has 0 aliphatic carbocycles. The molecule has 0 bridgehead atoms. The van der Waals surface area contributed by atoms with E-state index in [2.05, 4.69) is 46.7 Å². The molecule has 4 nitrogen and oxygen atoms in total. The zero-order valence-corrected chi connectivity index (χ0v) is 12.6. The molecule has 1 heterocycles. The molecule has 0 fully saturated rings. The number of likely N-dealkylation sites (N-methyl/N-ethyl adjacent to an activating group) is 1. The van der Waals surface area contributed by atoms with Gasteiger partial charge in [-0.2, -0.15) is 0 Å². The van der Waals surface area contributed by atoms with E-state index in [-0.39, 0.29) is 11.9 Å². The van der Waals surface area contributed by atoms with Gasteiger partial charge in [0.05, 0.1) is 6.54 Å². The minimum Gasteiger partial charge on any atom is -0.383 e. The molecule has 20 heavy (non-hydrogen) atoms. The molecule has 1 aliphatic heterocycles. The van der Waals surface area contributed by atoms with Crippen molar-refractivity contribution < 1.29 is 4.79 Å². The van der Waals surface area contributed by atoms with Crippen molar-refractivity contribution in [1.82, 2.24) is 10.2 Å². The van der Waals surface area contributed by atoms with Crippen LogP contribution in [0.4, 0.5) is 5.69 Å². The summed E-state index contributed by atoms with van der Waals surface area (Å²) in [5.74, 6) is 0.112. The predicted octanol–water partition coefficient (Wildman–Crippen LogP) is 1.87. The van der Waals surface area contributed by atoms with Gasteiger partial charge < -0.3 is 10.6 Å².